The zero-order valence-electron chi connectivity index (χ0n) is 17.3. The van der Waals surface area contributed by atoms with Crippen molar-refractivity contribution >= 4 is 27.5 Å². The van der Waals surface area contributed by atoms with Gasteiger partial charge in [0.2, 0.25) is 9.84 Å². The fourth-order valence-corrected chi connectivity index (χ4v) is 4.26. The zero-order chi connectivity index (χ0) is 23.3. The number of methoxy groups -OCH3 is 1. The van der Waals surface area contributed by atoms with Gasteiger partial charge in [0.05, 0.1) is 17.0 Å². The number of sulfone groups is 1. The van der Waals surface area contributed by atoms with Gasteiger partial charge in [-0.2, -0.15) is 5.26 Å². The van der Waals surface area contributed by atoms with Gasteiger partial charge in [-0.25, -0.2) is 12.8 Å². The van der Waals surface area contributed by atoms with E-state index in [1.165, 1.54) is 43.5 Å². The van der Waals surface area contributed by atoms with Gasteiger partial charge in [-0.1, -0.05) is 41.4 Å². The highest BCUT2D eigenvalue weighted by Crippen LogP contribution is 2.31. The van der Waals surface area contributed by atoms with Crippen molar-refractivity contribution in [2.45, 2.75) is 18.4 Å². The summed E-state index contributed by atoms with van der Waals surface area (Å²) in [5.74, 6) is 0.107. The molecule has 3 aromatic carbocycles. The SMILES string of the molecule is COc1cc(C=C(C#N)S(=O)(=O)c2ccc(C)cc2)ccc1OCc1c(F)cccc1Cl. The molecule has 8 heteroatoms. The molecule has 0 fully saturated rings. The largest absolute Gasteiger partial charge is 0.493 e. The average molecular weight is 472 g/mol. The first kappa shape index (κ1) is 23.3. The second-order valence-electron chi connectivity index (χ2n) is 6.84. The van der Waals surface area contributed by atoms with Gasteiger partial charge in [-0.3, -0.25) is 0 Å². The van der Waals surface area contributed by atoms with Crippen molar-refractivity contribution in [2.24, 2.45) is 0 Å². The fourth-order valence-electron chi connectivity index (χ4n) is 2.88. The number of nitrogens with zero attached hydrogens (tertiary/aromatic N) is 1. The maximum absolute atomic E-state index is 14.0. The molecule has 0 amide bonds. The summed E-state index contributed by atoms with van der Waals surface area (Å²) < 4.78 is 50.6. The number of halogens is 2. The molecule has 32 heavy (non-hydrogen) atoms. The minimum absolute atomic E-state index is 0.0320. The Labute approximate surface area is 191 Å². The van der Waals surface area contributed by atoms with E-state index in [4.69, 9.17) is 21.1 Å². The first-order valence-corrected chi connectivity index (χ1v) is 11.3. The van der Waals surface area contributed by atoms with E-state index in [9.17, 15) is 18.1 Å². The molecule has 0 spiro atoms. The van der Waals surface area contributed by atoms with Crippen molar-refractivity contribution in [1.29, 1.82) is 5.26 Å². The smallest absolute Gasteiger partial charge is 0.216 e. The summed E-state index contributed by atoms with van der Waals surface area (Å²) in [6, 6.07) is 17.0. The molecular formula is C24H19ClFNO4S. The second kappa shape index (κ2) is 9.86. The summed E-state index contributed by atoms with van der Waals surface area (Å²) in [6.07, 6.45) is 1.26. The lowest BCUT2D eigenvalue weighted by atomic mass is 10.2. The number of aryl methyl sites for hydroxylation is 1. The van der Waals surface area contributed by atoms with E-state index in [1.807, 2.05) is 6.92 Å². The molecule has 164 valence electrons. The summed E-state index contributed by atoms with van der Waals surface area (Å²) in [7, 11) is -2.56. The van der Waals surface area contributed by atoms with Gasteiger partial charge in [0, 0.05) is 5.56 Å². The average Bonchev–Trinajstić information content (AvgIpc) is 2.77. The van der Waals surface area contributed by atoms with Crippen LogP contribution in [0.5, 0.6) is 11.5 Å². The van der Waals surface area contributed by atoms with Crippen LogP contribution in [0.4, 0.5) is 4.39 Å². The predicted octanol–water partition coefficient (Wildman–Crippen LogP) is 5.71. The minimum Gasteiger partial charge on any atom is -0.493 e. The first-order chi connectivity index (χ1) is 15.3. The molecule has 5 nitrogen and oxygen atoms in total. The Bertz CT molecular complexity index is 1290. The lowest BCUT2D eigenvalue weighted by molar-refractivity contribution is 0.280. The van der Waals surface area contributed by atoms with Crippen LogP contribution in [0.2, 0.25) is 5.02 Å². The van der Waals surface area contributed by atoms with E-state index in [1.54, 1.807) is 36.4 Å². The third kappa shape index (κ3) is 5.10. The van der Waals surface area contributed by atoms with Gasteiger partial charge in [0.1, 0.15) is 23.4 Å². The van der Waals surface area contributed by atoms with Crippen LogP contribution < -0.4 is 9.47 Å². The Morgan fingerprint density at radius 2 is 1.84 bits per heavy atom. The van der Waals surface area contributed by atoms with E-state index in [-0.39, 0.29) is 27.8 Å². The first-order valence-electron chi connectivity index (χ1n) is 9.43. The molecule has 3 rings (SSSR count). The molecule has 0 saturated heterocycles. The number of benzene rings is 3. The molecule has 0 aliphatic heterocycles. The van der Waals surface area contributed by atoms with E-state index >= 15 is 0 Å². The molecule has 0 heterocycles. The summed E-state index contributed by atoms with van der Waals surface area (Å²) in [5.41, 5.74) is 1.53. The maximum Gasteiger partial charge on any atom is 0.216 e. The molecule has 0 atom stereocenters. The van der Waals surface area contributed by atoms with E-state index in [0.717, 1.165) is 5.56 Å². The van der Waals surface area contributed by atoms with Crippen molar-refractivity contribution in [2.75, 3.05) is 7.11 Å². The van der Waals surface area contributed by atoms with Crippen LogP contribution in [0.15, 0.2) is 70.5 Å². The zero-order valence-corrected chi connectivity index (χ0v) is 18.9. The molecule has 0 bridgehead atoms. The Morgan fingerprint density at radius 1 is 1.12 bits per heavy atom. The van der Waals surface area contributed by atoms with Crippen LogP contribution in [0.1, 0.15) is 16.7 Å². The molecule has 0 radical (unpaired) electrons. The van der Waals surface area contributed by atoms with E-state index in [0.29, 0.717) is 11.3 Å². The molecule has 0 aliphatic rings. The highest BCUT2D eigenvalue weighted by atomic mass is 35.5. The molecule has 0 saturated carbocycles. The van der Waals surface area contributed by atoms with E-state index < -0.39 is 20.6 Å². The molecule has 0 aromatic heterocycles. The van der Waals surface area contributed by atoms with Gasteiger partial charge >= 0.3 is 0 Å². The number of hydrogen-bond donors (Lipinski definition) is 0. The van der Waals surface area contributed by atoms with Crippen molar-refractivity contribution in [3.05, 3.63) is 93.1 Å². The van der Waals surface area contributed by atoms with Crippen LogP contribution in [0.25, 0.3) is 6.08 Å². The quantitative estimate of drug-likeness (QED) is 0.412. The van der Waals surface area contributed by atoms with Gasteiger partial charge in [-0.05, 0) is 55.0 Å². The van der Waals surface area contributed by atoms with Gasteiger partial charge < -0.3 is 9.47 Å². The van der Waals surface area contributed by atoms with Crippen molar-refractivity contribution in [3.8, 4) is 17.6 Å². The normalized spacial score (nSPS) is 11.7. The number of rotatable bonds is 7. The third-order valence-electron chi connectivity index (χ3n) is 4.65. The van der Waals surface area contributed by atoms with Crippen molar-refractivity contribution < 1.29 is 22.3 Å². The number of ether oxygens (including phenoxy) is 2. The Balaban J connectivity index is 1.89. The van der Waals surface area contributed by atoms with Crippen LogP contribution in [0, 0.1) is 24.1 Å². The fraction of sp³-hybridized carbons (Fsp3) is 0.125. The summed E-state index contributed by atoms with van der Waals surface area (Å²) in [4.78, 5) is -0.375. The highest BCUT2D eigenvalue weighted by molar-refractivity contribution is 7.95. The van der Waals surface area contributed by atoms with Gasteiger partial charge in [-0.15, -0.1) is 0 Å². The predicted molar refractivity (Wildman–Crippen MR) is 121 cm³/mol. The molecule has 0 unspecified atom stereocenters. The Morgan fingerprint density at radius 3 is 2.47 bits per heavy atom. The Hall–Kier alpha value is -3.34. The van der Waals surface area contributed by atoms with Crippen molar-refractivity contribution in [3.63, 3.8) is 0 Å². The number of nitriles is 1. The number of hydrogen-bond acceptors (Lipinski definition) is 5. The molecular weight excluding hydrogens is 453 g/mol. The highest BCUT2D eigenvalue weighted by Gasteiger charge is 2.21. The molecule has 3 aromatic rings. The van der Waals surface area contributed by atoms with Crippen LogP contribution in [0.3, 0.4) is 0 Å². The van der Waals surface area contributed by atoms with Crippen LogP contribution >= 0.6 is 11.6 Å². The standard InChI is InChI=1S/C24H19ClFNO4S/c1-16-6-9-18(10-7-16)32(28,29)19(14-27)12-17-8-11-23(24(13-17)30-2)31-15-20-21(25)4-3-5-22(20)26/h3-13H,15H2,1-2H3. The summed E-state index contributed by atoms with van der Waals surface area (Å²) in [5, 5.41) is 9.72. The van der Waals surface area contributed by atoms with Gasteiger partial charge in [0.25, 0.3) is 0 Å². The Kier molecular flexibility index (Phi) is 7.18. The van der Waals surface area contributed by atoms with E-state index in [2.05, 4.69) is 0 Å². The maximum atomic E-state index is 14.0. The lowest BCUT2D eigenvalue weighted by Gasteiger charge is -2.13. The summed E-state index contributed by atoms with van der Waals surface area (Å²) in [6.45, 7) is 1.72. The minimum atomic E-state index is -3.98. The van der Waals surface area contributed by atoms with Crippen LogP contribution in [-0.2, 0) is 16.4 Å². The second-order valence-corrected chi connectivity index (χ2v) is 9.16. The number of allylic oxidation sites excluding steroid dienone is 1. The molecule has 0 aliphatic carbocycles. The molecule has 0 N–H and O–H groups in total. The lowest BCUT2D eigenvalue weighted by Crippen LogP contribution is -2.04. The monoisotopic (exact) mass is 471 g/mol. The van der Waals surface area contributed by atoms with Crippen molar-refractivity contribution in [1.82, 2.24) is 0 Å². The van der Waals surface area contributed by atoms with Gasteiger partial charge in [0.15, 0.2) is 11.5 Å². The summed E-state index contributed by atoms with van der Waals surface area (Å²) >= 11 is 6.02. The topological polar surface area (TPSA) is 76.4 Å². The third-order valence-corrected chi connectivity index (χ3v) is 6.69. The van der Waals surface area contributed by atoms with Crippen LogP contribution in [-0.4, -0.2) is 15.5 Å².